The molecule has 1 aliphatic rings. The first kappa shape index (κ1) is 13.7. The van der Waals surface area contributed by atoms with Crippen molar-refractivity contribution >= 4 is 10.0 Å². The average Bonchev–Trinajstić information content (AvgIpc) is 2.40. The Morgan fingerprint density at radius 2 is 1.88 bits per heavy atom. The van der Waals surface area contributed by atoms with E-state index < -0.39 is 28.2 Å². The average molecular weight is 261 g/mol. The van der Waals surface area contributed by atoms with Gasteiger partial charge in [0.1, 0.15) is 0 Å². The molecule has 0 radical (unpaired) electrons. The van der Waals surface area contributed by atoms with Crippen LogP contribution < -0.4 is 0 Å². The van der Waals surface area contributed by atoms with Gasteiger partial charge in [-0.3, -0.25) is 0 Å². The van der Waals surface area contributed by atoms with Crippen LogP contribution in [0.5, 0.6) is 0 Å². The van der Waals surface area contributed by atoms with Crippen LogP contribution in [0.25, 0.3) is 0 Å². The van der Waals surface area contributed by atoms with E-state index in [4.69, 9.17) is 5.11 Å². The SMILES string of the molecule is O=S(=O)(N1CCCCCC1CO)C(F)(F)F. The van der Waals surface area contributed by atoms with Gasteiger partial charge in [0.05, 0.1) is 6.61 Å². The monoisotopic (exact) mass is 261 g/mol. The van der Waals surface area contributed by atoms with E-state index in [0.717, 1.165) is 0 Å². The third-order valence-corrected chi connectivity index (χ3v) is 4.32. The van der Waals surface area contributed by atoms with Gasteiger partial charge in [0.2, 0.25) is 0 Å². The Morgan fingerprint density at radius 3 is 2.38 bits per heavy atom. The van der Waals surface area contributed by atoms with Crippen LogP contribution in [0, 0.1) is 0 Å². The summed E-state index contributed by atoms with van der Waals surface area (Å²) in [5.41, 5.74) is -5.29. The van der Waals surface area contributed by atoms with Crippen LogP contribution >= 0.6 is 0 Å². The van der Waals surface area contributed by atoms with E-state index >= 15 is 0 Å². The van der Waals surface area contributed by atoms with E-state index in [0.29, 0.717) is 23.6 Å². The van der Waals surface area contributed by atoms with E-state index in [2.05, 4.69) is 0 Å². The molecule has 1 rings (SSSR count). The van der Waals surface area contributed by atoms with Gasteiger partial charge in [-0.15, -0.1) is 0 Å². The highest BCUT2D eigenvalue weighted by atomic mass is 32.2. The van der Waals surface area contributed by atoms with Gasteiger partial charge in [-0.2, -0.15) is 17.5 Å². The fourth-order valence-electron chi connectivity index (χ4n) is 1.78. The van der Waals surface area contributed by atoms with Crippen molar-refractivity contribution in [1.82, 2.24) is 4.31 Å². The van der Waals surface area contributed by atoms with Crippen LogP contribution in [0.15, 0.2) is 0 Å². The molecule has 0 aromatic rings. The summed E-state index contributed by atoms with van der Waals surface area (Å²) in [6.45, 7) is -0.748. The Labute approximate surface area is 92.1 Å². The molecule has 0 amide bonds. The molecule has 16 heavy (non-hydrogen) atoms. The lowest BCUT2D eigenvalue weighted by Crippen LogP contribution is -2.47. The molecule has 1 atom stereocenters. The topological polar surface area (TPSA) is 57.6 Å². The summed E-state index contributed by atoms with van der Waals surface area (Å²) in [6, 6.07) is -0.950. The lowest BCUT2D eigenvalue weighted by atomic mass is 10.1. The van der Waals surface area contributed by atoms with E-state index in [1.54, 1.807) is 0 Å². The molecule has 1 N–H and O–H groups in total. The molecule has 1 saturated heterocycles. The largest absolute Gasteiger partial charge is 0.511 e. The molecule has 0 aromatic heterocycles. The zero-order valence-corrected chi connectivity index (χ0v) is 9.39. The van der Waals surface area contributed by atoms with Crippen molar-refractivity contribution in [3.63, 3.8) is 0 Å². The highest BCUT2D eigenvalue weighted by Gasteiger charge is 2.51. The first-order valence-electron chi connectivity index (χ1n) is 4.99. The number of nitrogens with zero attached hydrogens (tertiary/aromatic N) is 1. The van der Waals surface area contributed by atoms with E-state index in [1.807, 2.05) is 0 Å². The number of aliphatic hydroxyl groups is 1. The minimum Gasteiger partial charge on any atom is -0.395 e. The predicted molar refractivity (Wildman–Crippen MR) is 51.0 cm³/mol. The first-order chi connectivity index (χ1) is 7.30. The molecular formula is C8H14F3NO3S. The summed E-state index contributed by atoms with van der Waals surface area (Å²) in [6.07, 6.45) is 1.98. The molecule has 1 unspecified atom stereocenters. The number of halogens is 3. The minimum atomic E-state index is -5.31. The third kappa shape index (κ3) is 2.67. The van der Waals surface area contributed by atoms with Crippen molar-refractivity contribution in [3.05, 3.63) is 0 Å². The number of sulfonamides is 1. The molecule has 96 valence electrons. The van der Waals surface area contributed by atoms with Crippen molar-refractivity contribution in [2.75, 3.05) is 13.2 Å². The Hall–Kier alpha value is -0.340. The lowest BCUT2D eigenvalue weighted by Gasteiger charge is -2.28. The minimum absolute atomic E-state index is 0.174. The summed E-state index contributed by atoms with van der Waals surface area (Å²) in [5, 5.41) is 8.94. The van der Waals surface area contributed by atoms with Crippen molar-refractivity contribution in [3.8, 4) is 0 Å². The zero-order valence-electron chi connectivity index (χ0n) is 8.57. The smallest absolute Gasteiger partial charge is 0.395 e. The van der Waals surface area contributed by atoms with Crippen LogP contribution in [-0.2, 0) is 10.0 Å². The van der Waals surface area contributed by atoms with Crippen LogP contribution in [-0.4, -0.2) is 42.5 Å². The maximum Gasteiger partial charge on any atom is 0.511 e. The predicted octanol–water partition coefficient (Wildman–Crippen LogP) is 1.07. The molecule has 1 aliphatic heterocycles. The third-order valence-electron chi connectivity index (χ3n) is 2.64. The Morgan fingerprint density at radius 1 is 1.25 bits per heavy atom. The van der Waals surface area contributed by atoms with Gasteiger partial charge in [-0.05, 0) is 12.8 Å². The molecule has 0 aromatic carbocycles. The molecule has 1 heterocycles. The molecule has 0 aliphatic carbocycles. The van der Waals surface area contributed by atoms with Crippen LogP contribution in [0.2, 0.25) is 0 Å². The Bertz CT molecular complexity index is 328. The molecular weight excluding hydrogens is 247 g/mol. The highest BCUT2D eigenvalue weighted by molar-refractivity contribution is 7.90. The molecule has 0 bridgehead atoms. The van der Waals surface area contributed by atoms with Crippen molar-refractivity contribution < 1.29 is 26.7 Å². The molecule has 0 saturated carbocycles. The number of hydrogen-bond donors (Lipinski definition) is 1. The first-order valence-corrected chi connectivity index (χ1v) is 6.43. The normalized spacial score (nSPS) is 25.4. The maximum atomic E-state index is 12.3. The van der Waals surface area contributed by atoms with Gasteiger partial charge < -0.3 is 5.11 Å². The van der Waals surface area contributed by atoms with Crippen LogP contribution in [0.4, 0.5) is 13.2 Å². The summed E-state index contributed by atoms with van der Waals surface area (Å²) < 4.78 is 59.9. The van der Waals surface area contributed by atoms with E-state index in [-0.39, 0.29) is 13.0 Å². The van der Waals surface area contributed by atoms with Gasteiger partial charge >= 0.3 is 15.5 Å². The second kappa shape index (κ2) is 4.89. The molecule has 0 spiro atoms. The second-order valence-corrected chi connectivity index (χ2v) is 5.63. The highest BCUT2D eigenvalue weighted by Crippen LogP contribution is 2.31. The summed E-state index contributed by atoms with van der Waals surface area (Å²) in [4.78, 5) is 0. The van der Waals surface area contributed by atoms with Crippen molar-refractivity contribution in [1.29, 1.82) is 0 Å². The van der Waals surface area contributed by atoms with Gasteiger partial charge in [0.15, 0.2) is 0 Å². The van der Waals surface area contributed by atoms with Gasteiger partial charge in [0, 0.05) is 12.6 Å². The Kier molecular flexibility index (Phi) is 4.19. The van der Waals surface area contributed by atoms with Gasteiger partial charge in [-0.1, -0.05) is 12.8 Å². The van der Waals surface area contributed by atoms with Crippen molar-refractivity contribution in [2.45, 2.75) is 37.2 Å². The summed E-state index contributed by atoms with van der Waals surface area (Å²) in [7, 11) is -5.31. The number of alkyl halides is 3. The number of hydrogen-bond acceptors (Lipinski definition) is 3. The molecule has 8 heteroatoms. The van der Waals surface area contributed by atoms with Gasteiger partial charge in [-0.25, -0.2) is 8.42 Å². The molecule has 4 nitrogen and oxygen atoms in total. The standard InChI is InChI=1S/C8H14F3NO3S/c9-8(10,11)16(14,15)12-5-3-1-2-4-7(12)6-13/h7,13H,1-6H2. The van der Waals surface area contributed by atoms with Crippen LogP contribution in [0.3, 0.4) is 0 Å². The summed E-state index contributed by atoms with van der Waals surface area (Å²) >= 11 is 0. The van der Waals surface area contributed by atoms with E-state index in [9.17, 15) is 21.6 Å². The second-order valence-electron chi connectivity index (χ2n) is 3.75. The van der Waals surface area contributed by atoms with Crippen LogP contribution in [0.1, 0.15) is 25.7 Å². The number of aliphatic hydroxyl groups excluding tert-OH is 1. The Balaban J connectivity index is 2.99. The fraction of sp³-hybridized carbons (Fsp3) is 1.00. The number of rotatable bonds is 2. The summed E-state index contributed by atoms with van der Waals surface area (Å²) in [5.74, 6) is 0. The lowest BCUT2D eigenvalue weighted by molar-refractivity contribution is -0.0506. The van der Waals surface area contributed by atoms with E-state index in [1.165, 1.54) is 0 Å². The maximum absolute atomic E-state index is 12.3. The quantitative estimate of drug-likeness (QED) is 0.809. The van der Waals surface area contributed by atoms with Gasteiger partial charge in [0.25, 0.3) is 0 Å². The molecule has 1 fully saturated rings. The van der Waals surface area contributed by atoms with Crippen molar-refractivity contribution in [2.24, 2.45) is 0 Å². The zero-order chi connectivity index (χ0) is 12.4. The fourth-order valence-corrected chi connectivity index (χ4v) is 2.98.